The summed E-state index contributed by atoms with van der Waals surface area (Å²) in [7, 11) is -3.20. The highest BCUT2D eigenvalue weighted by Crippen LogP contribution is 2.36. The van der Waals surface area contributed by atoms with E-state index in [0.717, 1.165) is 29.8 Å². The van der Waals surface area contributed by atoms with E-state index in [1.807, 2.05) is 38.7 Å². The molecule has 1 atom stereocenters. The molecule has 2 aromatic heterocycles. The van der Waals surface area contributed by atoms with Crippen LogP contribution < -0.4 is 5.32 Å². The Bertz CT molecular complexity index is 1220. The molecule has 0 bridgehead atoms. The zero-order valence-electron chi connectivity index (χ0n) is 20.2. The van der Waals surface area contributed by atoms with Crippen LogP contribution in [-0.2, 0) is 9.84 Å². The van der Waals surface area contributed by atoms with Crippen LogP contribution in [0.2, 0.25) is 0 Å². The van der Waals surface area contributed by atoms with Gasteiger partial charge in [0.2, 0.25) is 0 Å². The highest BCUT2D eigenvalue weighted by Gasteiger charge is 2.39. The molecule has 0 unspecified atom stereocenters. The van der Waals surface area contributed by atoms with Crippen LogP contribution in [0.25, 0.3) is 10.4 Å². The van der Waals surface area contributed by atoms with E-state index in [0.29, 0.717) is 11.4 Å². The van der Waals surface area contributed by atoms with Gasteiger partial charge in [-0.2, -0.15) is 0 Å². The highest BCUT2D eigenvalue weighted by atomic mass is 32.2. The average Bonchev–Trinajstić information content (AvgIpc) is 3.31. The molecular weight excluding hydrogens is 474 g/mol. The topological polar surface area (TPSA) is 113 Å². The largest absolute Gasteiger partial charge is 0.368 e. The number of thiazole rings is 1. The van der Waals surface area contributed by atoms with Crippen molar-refractivity contribution in [3.8, 4) is 10.4 Å². The standard InChI is InChI=1S/C23H31N5O4S2/c1-13(2)25-18-9-14(3)17(10-24-18)20-19(22(29)28-8-6-7-15(28)4)26-21(33-20)23(30)27-11-16(12-27)34(5,31)32/h9-10,13,15-16H,6-8,11-12H2,1-5H3,(H,24,25)/t15-/m0/s1. The van der Waals surface area contributed by atoms with E-state index in [9.17, 15) is 18.0 Å². The Morgan fingerprint density at radius 3 is 2.50 bits per heavy atom. The second kappa shape index (κ2) is 9.26. The van der Waals surface area contributed by atoms with Gasteiger partial charge in [-0.05, 0) is 52.2 Å². The molecule has 2 aromatic rings. The third-order valence-electron chi connectivity index (χ3n) is 6.36. The number of rotatable bonds is 6. The van der Waals surface area contributed by atoms with Crippen LogP contribution in [-0.4, -0.2) is 83.2 Å². The minimum Gasteiger partial charge on any atom is -0.368 e. The van der Waals surface area contributed by atoms with Crippen molar-refractivity contribution in [2.75, 3.05) is 31.2 Å². The Hall–Kier alpha value is -2.53. The quantitative estimate of drug-likeness (QED) is 0.642. The molecule has 4 rings (SSSR count). The first-order valence-corrected chi connectivity index (χ1v) is 14.3. The smallest absolute Gasteiger partial charge is 0.282 e. The maximum Gasteiger partial charge on any atom is 0.282 e. The molecule has 0 spiro atoms. The number of carbonyl (C=O) groups excluding carboxylic acids is 2. The van der Waals surface area contributed by atoms with Gasteiger partial charge in [0, 0.05) is 49.7 Å². The summed E-state index contributed by atoms with van der Waals surface area (Å²) in [6.07, 6.45) is 4.78. The molecule has 1 N–H and O–H groups in total. The van der Waals surface area contributed by atoms with Crippen LogP contribution in [0.3, 0.4) is 0 Å². The van der Waals surface area contributed by atoms with E-state index in [1.54, 1.807) is 6.20 Å². The van der Waals surface area contributed by atoms with Gasteiger partial charge in [0.1, 0.15) is 11.5 Å². The van der Waals surface area contributed by atoms with Crippen molar-refractivity contribution in [1.29, 1.82) is 0 Å². The van der Waals surface area contributed by atoms with Crippen molar-refractivity contribution in [1.82, 2.24) is 19.8 Å². The fraction of sp³-hybridized carbons (Fsp3) is 0.565. The summed E-state index contributed by atoms with van der Waals surface area (Å²) in [4.78, 5) is 39.5. The van der Waals surface area contributed by atoms with E-state index in [4.69, 9.17) is 0 Å². The Balaban J connectivity index is 1.69. The number of aromatic nitrogens is 2. The fourth-order valence-corrected chi connectivity index (χ4v) is 6.29. The maximum atomic E-state index is 13.5. The molecule has 2 amide bonds. The summed E-state index contributed by atoms with van der Waals surface area (Å²) < 4.78 is 23.5. The van der Waals surface area contributed by atoms with Crippen LogP contribution >= 0.6 is 11.3 Å². The van der Waals surface area contributed by atoms with Crippen molar-refractivity contribution >= 4 is 38.8 Å². The highest BCUT2D eigenvalue weighted by molar-refractivity contribution is 7.91. The zero-order chi connectivity index (χ0) is 24.8. The maximum absolute atomic E-state index is 13.5. The minimum absolute atomic E-state index is 0.115. The summed E-state index contributed by atoms with van der Waals surface area (Å²) >= 11 is 1.17. The SMILES string of the molecule is Cc1cc(NC(C)C)ncc1-c1sc(C(=O)N2CC(S(C)(=O)=O)C2)nc1C(=O)N1CCC[C@@H]1C. The van der Waals surface area contributed by atoms with Gasteiger partial charge in [-0.15, -0.1) is 11.3 Å². The fourth-order valence-electron chi connectivity index (χ4n) is 4.29. The second-order valence-corrected chi connectivity index (χ2v) is 12.9. The lowest BCUT2D eigenvalue weighted by atomic mass is 10.1. The molecule has 0 aromatic carbocycles. The number of pyridine rings is 1. The Morgan fingerprint density at radius 2 is 1.94 bits per heavy atom. The van der Waals surface area contributed by atoms with E-state index in [-0.39, 0.29) is 47.7 Å². The number of sulfone groups is 1. The summed E-state index contributed by atoms with van der Waals surface area (Å²) in [6.45, 7) is 8.99. The summed E-state index contributed by atoms with van der Waals surface area (Å²) in [5.41, 5.74) is 1.95. The number of carbonyl (C=O) groups is 2. The lowest BCUT2D eigenvalue weighted by Crippen LogP contribution is -2.56. The molecular formula is C23H31N5O4S2. The third kappa shape index (κ3) is 4.81. The Labute approximate surface area is 204 Å². The third-order valence-corrected chi connectivity index (χ3v) is 8.95. The molecule has 0 radical (unpaired) electrons. The number of hydrogen-bond donors (Lipinski definition) is 1. The summed E-state index contributed by atoms with van der Waals surface area (Å²) in [6, 6.07) is 2.27. The van der Waals surface area contributed by atoms with Gasteiger partial charge < -0.3 is 15.1 Å². The van der Waals surface area contributed by atoms with Crippen LogP contribution in [0.4, 0.5) is 5.82 Å². The monoisotopic (exact) mass is 505 g/mol. The normalized spacial score (nSPS) is 18.9. The van der Waals surface area contributed by atoms with Crippen LogP contribution in [0, 0.1) is 6.92 Å². The molecule has 11 heteroatoms. The van der Waals surface area contributed by atoms with E-state index >= 15 is 0 Å². The predicted octanol–water partition coefficient (Wildman–Crippen LogP) is 2.83. The number of amides is 2. The van der Waals surface area contributed by atoms with Crippen molar-refractivity contribution in [2.24, 2.45) is 0 Å². The number of anilines is 1. The minimum atomic E-state index is -3.20. The van der Waals surface area contributed by atoms with Crippen molar-refractivity contribution < 1.29 is 18.0 Å². The van der Waals surface area contributed by atoms with E-state index in [2.05, 4.69) is 15.3 Å². The number of nitrogens with zero attached hydrogens (tertiary/aromatic N) is 4. The molecule has 0 saturated carbocycles. The Morgan fingerprint density at radius 1 is 1.24 bits per heavy atom. The van der Waals surface area contributed by atoms with Gasteiger partial charge in [-0.3, -0.25) is 9.59 Å². The van der Waals surface area contributed by atoms with Gasteiger partial charge in [0.25, 0.3) is 11.8 Å². The predicted molar refractivity (Wildman–Crippen MR) is 133 cm³/mol. The molecule has 0 aliphatic carbocycles. The zero-order valence-corrected chi connectivity index (χ0v) is 21.8. The average molecular weight is 506 g/mol. The number of aryl methyl sites for hydroxylation is 1. The van der Waals surface area contributed by atoms with Gasteiger partial charge in [-0.25, -0.2) is 18.4 Å². The molecule has 9 nitrogen and oxygen atoms in total. The molecule has 2 fully saturated rings. The lowest BCUT2D eigenvalue weighted by Gasteiger charge is -2.37. The van der Waals surface area contributed by atoms with Gasteiger partial charge in [0.15, 0.2) is 14.8 Å². The second-order valence-electron chi connectivity index (χ2n) is 9.53. The first kappa shape index (κ1) is 24.6. The molecule has 34 heavy (non-hydrogen) atoms. The van der Waals surface area contributed by atoms with Crippen molar-refractivity contribution in [3.63, 3.8) is 0 Å². The molecule has 4 heterocycles. The molecule has 2 aliphatic rings. The number of likely N-dealkylation sites (tertiary alicyclic amines) is 2. The van der Waals surface area contributed by atoms with Crippen LogP contribution in [0.15, 0.2) is 12.3 Å². The molecule has 2 aliphatic heterocycles. The van der Waals surface area contributed by atoms with Gasteiger partial charge >= 0.3 is 0 Å². The Kier molecular flexibility index (Phi) is 6.69. The first-order valence-electron chi connectivity index (χ1n) is 11.5. The summed E-state index contributed by atoms with van der Waals surface area (Å²) in [5, 5.41) is 2.92. The van der Waals surface area contributed by atoms with Gasteiger partial charge in [0.05, 0.1) is 10.1 Å². The first-order chi connectivity index (χ1) is 16.0. The van der Waals surface area contributed by atoms with E-state index in [1.165, 1.54) is 22.5 Å². The van der Waals surface area contributed by atoms with Gasteiger partial charge in [-0.1, -0.05) is 0 Å². The number of nitrogens with one attached hydrogen (secondary N) is 1. The van der Waals surface area contributed by atoms with E-state index < -0.39 is 15.1 Å². The molecule has 184 valence electrons. The number of hydrogen-bond acceptors (Lipinski definition) is 8. The van der Waals surface area contributed by atoms with Crippen LogP contribution in [0.1, 0.15) is 59.5 Å². The molecule has 2 saturated heterocycles. The lowest BCUT2D eigenvalue weighted by molar-refractivity contribution is 0.0658. The van der Waals surface area contributed by atoms with Crippen LogP contribution in [0.5, 0.6) is 0 Å². The summed E-state index contributed by atoms with van der Waals surface area (Å²) in [5.74, 6) is 0.214. The van der Waals surface area contributed by atoms with Crippen molar-refractivity contribution in [2.45, 2.75) is 57.9 Å². The van der Waals surface area contributed by atoms with Crippen molar-refractivity contribution in [3.05, 3.63) is 28.5 Å².